The van der Waals surface area contributed by atoms with E-state index < -0.39 is 0 Å². The zero-order chi connectivity index (χ0) is 17.2. The maximum Gasteiger partial charge on any atom is 0.0651 e. The van der Waals surface area contributed by atoms with Crippen LogP contribution in [0.1, 0.15) is 18.4 Å². The standard InChI is InChI=1S/C19H20Cl2N4/c20-15-4-3-13(18(21)9-15)11-25-7-1-2-17(12-25)23-16-5-6-19-14(8-16)10-22-24-19/h3-6,8-10,17,23H,1-2,7,11-12H2,(H,22,24). The van der Waals surface area contributed by atoms with Gasteiger partial charge in [0.25, 0.3) is 0 Å². The van der Waals surface area contributed by atoms with Gasteiger partial charge in [0.1, 0.15) is 0 Å². The van der Waals surface area contributed by atoms with E-state index in [1.807, 2.05) is 24.4 Å². The van der Waals surface area contributed by atoms with Crippen LogP contribution in [-0.4, -0.2) is 34.2 Å². The minimum Gasteiger partial charge on any atom is -0.381 e. The fourth-order valence-electron chi connectivity index (χ4n) is 3.48. The number of fused-ring (bicyclic) bond motifs is 1. The number of nitrogens with zero attached hydrogens (tertiary/aromatic N) is 2. The van der Waals surface area contributed by atoms with Gasteiger partial charge >= 0.3 is 0 Å². The lowest BCUT2D eigenvalue weighted by Crippen LogP contribution is -2.41. The van der Waals surface area contributed by atoms with E-state index in [0.717, 1.165) is 46.8 Å². The van der Waals surface area contributed by atoms with Crippen molar-refractivity contribution >= 4 is 39.8 Å². The average molecular weight is 375 g/mol. The largest absolute Gasteiger partial charge is 0.381 e. The summed E-state index contributed by atoms with van der Waals surface area (Å²) in [6, 6.07) is 12.5. The van der Waals surface area contributed by atoms with Crippen LogP contribution in [0.25, 0.3) is 10.9 Å². The molecule has 1 unspecified atom stereocenters. The highest BCUT2D eigenvalue weighted by Gasteiger charge is 2.20. The number of piperidine rings is 1. The van der Waals surface area contributed by atoms with E-state index in [4.69, 9.17) is 23.2 Å². The fourth-order valence-corrected chi connectivity index (χ4v) is 3.94. The highest BCUT2D eigenvalue weighted by Crippen LogP contribution is 2.25. The van der Waals surface area contributed by atoms with Crippen molar-refractivity contribution in [2.75, 3.05) is 18.4 Å². The Kier molecular flexibility index (Phi) is 4.84. The molecule has 1 saturated heterocycles. The van der Waals surface area contributed by atoms with E-state index in [2.05, 4.69) is 38.6 Å². The Morgan fingerprint density at radius 2 is 2.12 bits per heavy atom. The minimum atomic E-state index is 0.434. The number of hydrogen-bond acceptors (Lipinski definition) is 3. The molecule has 1 aliphatic heterocycles. The van der Waals surface area contributed by atoms with Crippen LogP contribution in [-0.2, 0) is 6.54 Å². The quantitative estimate of drug-likeness (QED) is 0.679. The third kappa shape index (κ3) is 3.92. The molecule has 0 saturated carbocycles. The first-order chi connectivity index (χ1) is 12.2. The topological polar surface area (TPSA) is 44.0 Å². The number of H-pyrrole nitrogens is 1. The monoisotopic (exact) mass is 374 g/mol. The molecule has 0 aliphatic carbocycles. The molecule has 4 rings (SSSR count). The molecule has 2 N–H and O–H groups in total. The van der Waals surface area contributed by atoms with Crippen molar-refractivity contribution in [3.63, 3.8) is 0 Å². The molecule has 0 bridgehead atoms. The summed E-state index contributed by atoms with van der Waals surface area (Å²) in [6.07, 6.45) is 4.21. The normalized spacial score (nSPS) is 18.6. The number of rotatable bonds is 4. The number of halogens is 2. The Hall–Kier alpha value is -1.75. The molecule has 6 heteroatoms. The molecule has 2 heterocycles. The maximum absolute atomic E-state index is 6.32. The summed E-state index contributed by atoms with van der Waals surface area (Å²) in [7, 11) is 0. The Morgan fingerprint density at radius 1 is 1.20 bits per heavy atom. The second-order valence-corrected chi connectivity index (χ2v) is 7.47. The second-order valence-electron chi connectivity index (χ2n) is 6.63. The number of likely N-dealkylation sites (tertiary alicyclic amines) is 1. The lowest BCUT2D eigenvalue weighted by Gasteiger charge is -2.34. The summed E-state index contributed by atoms with van der Waals surface area (Å²) in [4.78, 5) is 2.45. The molecule has 0 radical (unpaired) electrons. The van der Waals surface area contributed by atoms with Crippen molar-refractivity contribution in [1.29, 1.82) is 0 Å². The number of anilines is 1. The lowest BCUT2D eigenvalue weighted by atomic mass is 10.0. The van der Waals surface area contributed by atoms with E-state index >= 15 is 0 Å². The molecule has 1 atom stereocenters. The smallest absolute Gasteiger partial charge is 0.0651 e. The van der Waals surface area contributed by atoms with Crippen molar-refractivity contribution in [3.05, 3.63) is 58.2 Å². The van der Waals surface area contributed by atoms with Crippen LogP contribution in [0.15, 0.2) is 42.6 Å². The van der Waals surface area contributed by atoms with Crippen molar-refractivity contribution in [3.8, 4) is 0 Å². The van der Waals surface area contributed by atoms with Gasteiger partial charge in [0.2, 0.25) is 0 Å². The summed E-state index contributed by atoms with van der Waals surface area (Å²) in [6.45, 7) is 2.95. The van der Waals surface area contributed by atoms with Gasteiger partial charge in [-0.25, -0.2) is 0 Å². The molecule has 1 aliphatic rings. The van der Waals surface area contributed by atoms with Crippen molar-refractivity contribution in [2.45, 2.75) is 25.4 Å². The third-order valence-electron chi connectivity index (χ3n) is 4.73. The van der Waals surface area contributed by atoms with Crippen LogP contribution in [0, 0.1) is 0 Å². The van der Waals surface area contributed by atoms with Gasteiger partial charge in [-0.1, -0.05) is 29.3 Å². The van der Waals surface area contributed by atoms with Gasteiger partial charge < -0.3 is 5.32 Å². The van der Waals surface area contributed by atoms with Crippen LogP contribution in [0.5, 0.6) is 0 Å². The molecular formula is C19H20Cl2N4. The summed E-state index contributed by atoms with van der Waals surface area (Å²) < 4.78 is 0. The number of hydrogen-bond donors (Lipinski definition) is 2. The highest BCUT2D eigenvalue weighted by molar-refractivity contribution is 6.35. The first kappa shape index (κ1) is 16.7. The molecule has 3 aromatic rings. The van der Waals surface area contributed by atoms with Crippen LogP contribution in [0.3, 0.4) is 0 Å². The first-order valence-electron chi connectivity index (χ1n) is 8.53. The molecule has 4 nitrogen and oxygen atoms in total. The summed E-state index contributed by atoms with van der Waals surface area (Å²) in [5.41, 5.74) is 3.34. The number of benzene rings is 2. The van der Waals surface area contributed by atoms with Gasteiger partial charge in [-0.05, 0) is 55.3 Å². The number of aromatic amines is 1. The Balaban J connectivity index is 1.41. The predicted octanol–water partition coefficient (Wildman–Crippen LogP) is 4.95. The Bertz CT molecular complexity index is 877. The predicted molar refractivity (Wildman–Crippen MR) is 104 cm³/mol. The van der Waals surface area contributed by atoms with E-state index in [9.17, 15) is 0 Å². The van der Waals surface area contributed by atoms with Crippen LogP contribution >= 0.6 is 23.2 Å². The van der Waals surface area contributed by atoms with Gasteiger partial charge in [-0.2, -0.15) is 5.10 Å². The van der Waals surface area contributed by atoms with E-state index in [1.54, 1.807) is 0 Å². The van der Waals surface area contributed by atoms with Gasteiger partial charge in [0.15, 0.2) is 0 Å². The molecule has 1 aromatic heterocycles. The van der Waals surface area contributed by atoms with Crippen LogP contribution < -0.4 is 5.32 Å². The molecule has 0 spiro atoms. The minimum absolute atomic E-state index is 0.434. The molecule has 0 amide bonds. The van der Waals surface area contributed by atoms with Crippen LogP contribution in [0.2, 0.25) is 10.0 Å². The first-order valence-corrected chi connectivity index (χ1v) is 9.29. The molecule has 25 heavy (non-hydrogen) atoms. The molecule has 1 fully saturated rings. The second kappa shape index (κ2) is 7.24. The fraction of sp³-hybridized carbons (Fsp3) is 0.316. The third-order valence-corrected chi connectivity index (χ3v) is 5.31. The average Bonchev–Trinajstić information content (AvgIpc) is 3.05. The lowest BCUT2D eigenvalue weighted by molar-refractivity contribution is 0.208. The SMILES string of the molecule is Clc1ccc(CN2CCCC(Nc3ccc4[nH]ncc4c3)C2)c(Cl)c1. The summed E-state index contributed by atoms with van der Waals surface area (Å²) in [5, 5.41) is 13.3. The van der Waals surface area contributed by atoms with Crippen molar-refractivity contribution < 1.29 is 0 Å². The highest BCUT2D eigenvalue weighted by atomic mass is 35.5. The summed E-state index contributed by atoms with van der Waals surface area (Å²) >= 11 is 12.3. The zero-order valence-electron chi connectivity index (χ0n) is 13.8. The summed E-state index contributed by atoms with van der Waals surface area (Å²) in [5.74, 6) is 0. The van der Waals surface area contributed by atoms with Crippen molar-refractivity contribution in [2.24, 2.45) is 0 Å². The van der Waals surface area contributed by atoms with E-state index in [0.29, 0.717) is 11.1 Å². The van der Waals surface area contributed by atoms with Gasteiger partial charge in [0.05, 0.1) is 11.7 Å². The van der Waals surface area contributed by atoms with E-state index in [1.165, 1.54) is 12.8 Å². The Labute approximate surface area is 157 Å². The van der Waals surface area contributed by atoms with Gasteiger partial charge in [-0.3, -0.25) is 10.00 Å². The molecular weight excluding hydrogens is 355 g/mol. The Morgan fingerprint density at radius 3 is 3.00 bits per heavy atom. The van der Waals surface area contributed by atoms with Crippen LogP contribution in [0.4, 0.5) is 5.69 Å². The molecule has 130 valence electrons. The maximum atomic E-state index is 6.32. The number of aromatic nitrogens is 2. The zero-order valence-corrected chi connectivity index (χ0v) is 15.3. The van der Waals surface area contributed by atoms with Crippen molar-refractivity contribution in [1.82, 2.24) is 15.1 Å². The number of nitrogens with one attached hydrogen (secondary N) is 2. The van der Waals surface area contributed by atoms with Gasteiger partial charge in [0, 0.05) is 40.3 Å². The van der Waals surface area contributed by atoms with Gasteiger partial charge in [-0.15, -0.1) is 0 Å². The van der Waals surface area contributed by atoms with E-state index in [-0.39, 0.29) is 0 Å². The molecule has 2 aromatic carbocycles.